The number of rotatable bonds is 11. The number of carbonyl (C=O) groups is 1. The predicted molar refractivity (Wildman–Crippen MR) is 135 cm³/mol. The summed E-state index contributed by atoms with van der Waals surface area (Å²) in [6, 6.07) is 14.0. The summed E-state index contributed by atoms with van der Waals surface area (Å²) in [7, 11) is 1.60. The number of ether oxygens (including phenoxy) is 1. The van der Waals surface area contributed by atoms with E-state index in [4.69, 9.17) is 31.4 Å². The summed E-state index contributed by atoms with van der Waals surface area (Å²) in [5.74, 6) is 1.55. The highest BCUT2D eigenvalue weighted by atomic mass is 35.5. The van der Waals surface area contributed by atoms with Gasteiger partial charge in [0.25, 0.3) is 0 Å². The molecule has 0 saturated carbocycles. The number of unbranched alkanes of at least 4 members (excludes halogenated alkanes) is 3. The fourth-order valence-electron chi connectivity index (χ4n) is 3.83. The number of nitrogens with zero attached hydrogens (tertiary/aromatic N) is 2. The number of aryl methyl sites for hydroxylation is 1. The molecular formula is C25H26ClN3O3S. The Balaban J connectivity index is 1.55. The first kappa shape index (κ1) is 23.3. The third-order valence-electron chi connectivity index (χ3n) is 5.50. The Labute approximate surface area is 201 Å². The summed E-state index contributed by atoms with van der Waals surface area (Å²) < 4.78 is 6.43. The number of carboxylic acid groups (broad SMARTS) is 1. The zero-order chi connectivity index (χ0) is 23.2. The summed E-state index contributed by atoms with van der Waals surface area (Å²) in [6.45, 7) is 0.578. The second kappa shape index (κ2) is 10.8. The Kier molecular flexibility index (Phi) is 7.62. The van der Waals surface area contributed by atoms with E-state index in [1.165, 1.54) is 4.70 Å². The Bertz CT molecular complexity index is 1270. The van der Waals surface area contributed by atoms with Crippen molar-refractivity contribution < 1.29 is 14.6 Å². The van der Waals surface area contributed by atoms with E-state index < -0.39 is 5.97 Å². The number of carboxylic acids is 1. The van der Waals surface area contributed by atoms with Crippen molar-refractivity contribution in [2.24, 2.45) is 0 Å². The molecule has 2 aromatic carbocycles. The van der Waals surface area contributed by atoms with Gasteiger partial charge in [0.1, 0.15) is 22.2 Å². The first-order valence-electron chi connectivity index (χ1n) is 11.0. The first-order chi connectivity index (χ1) is 16.0. The third kappa shape index (κ3) is 5.72. The van der Waals surface area contributed by atoms with E-state index in [1.807, 2.05) is 30.3 Å². The minimum Gasteiger partial charge on any atom is -0.495 e. The lowest BCUT2D eigenvalue weighted by Crippen LogP contribution is -2.05. The van der Waals surface area contributed by atoms with E-state index in [1.54, 1.807) is 18.4 Å². The molecule has 0 fully saturated rings. The van der Waals surface area contributed by atoms with Crippen LogP contribution in [0, 0.1) is 0 Å². The zero-order valence-corrected chi connectivity index (χ0v) is 20.0. The minimum absolute atomic E-state index is 0.230. The van der Waals surface area contributed by atoms with Gasteiger partial charge < -0.3 is 15.2 Å². The number of anilines is 1. The van der Waals surface area contributed by atoms with E-state index >= 15 is 0 Å². The smallest absolute Gasteiger partial charge is 0.303 e. The van der Waals surface area contributed by atoms with Crippen LogP contribution in [0.25, 0.3) is 20.3 Å². The van der Waals surface area contributed by atoms with E-state index in [0.717, 1.165) is 58.5 Å². The van der Waals surface area contributed by atoms with Gasteiger partial charge in [0.15, 0.2) is 0 Å². The topological polar surface area (TPSA) is 84.3 Å². The standard InChI is InChI=1S/C25H26ClN3O3S/c1-32-19-13-12-16(14-18(19)26)15-27-24-23-17-8-6-7-9-20(17)33-25(23)29-21(28-24)10-4-2-3-5-11-22(30)31/h6-9,12-14H,2-5,10-11,15H2,1H3,(H,30,31)(H,27,28,29). The number of nitrogens with one attached hydrogen (secondary N) is 1. The van der Waals surface area contributed by atoms with Gasteiger partial charge in [-0.05, 0) is 36.6 Å². The molecule has 0 unspecified atom stereocenters. The van der Waals surface area contributed by atoms with E-state index in [9.17, 15) is 4.79 Å². The van der Waals surface area contributed by atoms with Gasteiger partial charge in [-0.2, -0.15) is 0 Å². The summed E-state index contributed by atoms with van der Waals surface area (Å²) >= 11 is 7.97. The van der Waals surface area contributed by atoms with Gasteiger partial charge in [0.05, 0.1) is 17.5 Å². The van der Waals surface area contributed by atoms with Crippen LogP contribution in [-0.2, 0) is 17.8 Å². The molecule has 2 N–H and O–H groups in total. The fraction of sp³-hybridized carbons (Fsp3) is 0.320. The van der Waals surface area contributed by atoms with Crippen molar-refractivity contribution in [2.45, 2.75) is 45.1 Å². The predicted octanol–water partition coefficient (Wildman–Crippen LogP) is 6.70. The van der Waals surface area contributed by atoms with Crippen LogP contribution in [0.15, 0.2) is 42.5 Å². The summed E-state index contributed by atoms with van der Waals surface area (Å²) in [4.78, 5) is 21.4. The highest BCUT2D eigenvalue weighted by molar-refractivity contribution is 7.25. The van der Waals surface area contributed by atoms with Crippen LogP contribution < -0.4 is 10.1 Å². The second-order valence-corrected chi connectivity index (χ2v) is 9.34. The molecule has 172 valence electrons. The van der Waals surface area contributed by atoms with Crippen molar-refractivity contribution in [2.75, 3.05) is 12.4 Å². The molecule has 0 amide bonds. The van der Waals surface area contributed by atoms with Crippen LogP contribution in [-0.4, -0.2) is 28.2 Å². The SMILES string of the molecule is COc1ccc(CNc2nc(CCCCCCC(=O)O)nc3sc4ccccc4c23)cc1Cl. The lowest BCUT2D eigenvalue weighted by molar-refractivity contribution is -0.137. The quantitative estimate of drug-likeness (QED) is 0.231. The molecule has 4 aromatic rings. The van der Waals surface area contributed by atoms with Crippen LogP contribution >= 0.6 is 22.9 Å². The molecule has 33 heavy (non-hydrogen) atoms. The average molecular weight is 484 g/mol. The van der Waals surface area contributed by atoms with Crippen LogP contribution in [0.4, 0.5) is 5.82 Å². The largest absolute Gasteiger partial charge is 0.495 e. The van der Waals surface area contributed by atoms with Gasteiger partial charge in [-0.3, -0.25) is 4.79 Å². The molecule has 6 nitrogen and oxygen atoms in total. The molecule has 0 aliphatic carbocycles. The molecule has 2 aromatic heterocycles. The van der Waals surface area contributed by atoms with Crippen LogP contribution in [0.3, 0.4) is 0 Å². The molecule has 8 heteroatoms. The molecular weight excluding hydrogens is 458 g/mol. The molecule has 4 rings (SSSR count). The van der Waals surface area contributed by atoms with Gasteiger partial charge in [0.2, 0.25) is 0 Å². The van der Waals surface area contributed by atoms with Gasteiger partial charge in [0, 0.05) is 29.5 Å². The third-order valence-corrected chi connectivity index (χ3v) is 6.86. The maximum atomic E-state index is 10.7. The number of aromatic nitrogens is 2. The molecule has 0 aliphatic heterocycles. The van der Waals surface area contributed by atoms with Gasteiger partial charge >= 0.3 is 5.97 Å². The summed E-state index contributed by atoms with van der Waals surface area (Å²) in [6.07, 6.45) is 4.51. The van der Waals surface area contributed by atoms with Crippen LogP contribution in [0.2, 0.25) is 5.02 Å². The van der Waals surface area contributed by atoms with E-state index in [-0.39, 0.29) is 6.42 Å². The van der Waals surface area contributed by atoms with Crippen molar-refractivity contribution in [3.8, 4) is 5.75 Å². The van der Waals surface area contributed by atoms with Gasteiger partial charge in [-0.15, -0.1) is 11.3 Å². The number of methoxy groups -OCH3 is 1. The van der Waals surface area contributed by atoms with Crippen LogP contribution in [0.5, 0.6) is 5.75 Å². The molecule has 0 saturated heterocycles. The number of fused-ring (bicyclic) bond motifs is 3. The normalized spacial score (nSPS) is 11.2. The monoisotopic (exact) mass is 483 g/mol. The lowest BCUT2D eigenvalue weighted by atomic mass is 10.1. The number of aliphatic carboxylic acids is 1. The maximum absolute atomic E-state index is 10.7. The number of halogens is 1. The number of benzene rings is 2. The van der Waals surface area contributed by atoms with Crippen molar-refractivity contribution in [1.82, 2.24) is 9.97 Å². The van der Waals surface area contributed by atoms with Crippen molar-refractivity contribution in [3.05, 3.63) is 58.9 Å². The van der Waals surface area contributed by atoms with Crippen molar-refractivity contribution >= 4 is 55.0 Å². The molecule has 0 atom stereocenters. The molecule has 0 spiro atoms. The molecule has 0 bridgehead atoms. The molecule has 2 heterocycles. The van der Waals surface area contributed by atoms with Crippen molar-refractivity contribution in [3.63, 3.8) is 0 Å². The van der Waals surface area contributed by atoms with Gasteiger partial charge in [-0.1, -0.05) is 48.7 Å². The highest BCUT2D eigenvalue weighted by Gasteiger charge is 2.14. The Morgan fingerprint density at radius 3 is 2.73 bits per heavy atom. The van der Waals surface area contributed by atoms with E-state index in [0.29, 0.717) is 23.7 Å². The van der Waals surface area contributed by atoms with Gasteiger partial charge in [-0.25, -0.2) is 9.97 Å². The average Bonchev–Trinajstić information content (AvgIpc) is 3.18. The highest BCUT2D eigenvalue weighted by Crippen LogP contribution is 2.36. The molecule has 0 radical (unpaired) electrons. The lowest BCUT2D eigenvalue weighted by Gasteiger charge is -2.11. The van der Waals surface area contributed by atoms with Crippen molar-refractivity contribution in [1.29, 1.82) is 0 Å². The number of thiophene rings is 1. The van der Waals surface area contributed by atoms with E-state index in [2.05, 4.69) is 17.4 Å². The Morgan fingerprint density at radius 2 is 1.94 bits per heavy atom. The number of hydrogen-bond acceptors (Lipinski definition) is 6. The zero-order valence-electron chi connectivity index (χ0n) is 18.4. The second-order valence-electron chi connectivity index (χ2n) is 7.90. The Hall–Kier alpha value is -2.90. The maximum Gasteiger partial charge on any atom is 0.303 e. The fourth-order valence-corrected chi connectivity index (χ4v) is 5.20. The van der Waals surface area contributed by atoms with Crippen LogP contribution in [0.1, 0.15) is 43.5 Å². The first-order valence-corrected chi connectivity index (χ1v) is 12.2. The minimum atomic E-state index is -0.734. The number of hydrogen-bond donors (Lipinski definition) is 2. The summed E-state index contributed by atoms with van der Waals surface area (Å²) in [5, 5.41) is 15.0. The Morgan fingerprint density at radius 1 is 1.12 bits per heavy atom. The molecule has 0 aliphatic rings. The summed E-state index contributed by atoms with van der Waals surface area (Å²) in [5.41, 5.74) is 1.03.